The summed E-state index contributed by atoms with van der Waals surface area (Å²) in [5, 5.41) is 22.2. The number of nitrogens with zero attached hydrogens (tertiary/aromatic N) is 4. The predicted octanol–water partition coefficient (Wildman–Crippen LogP) is 4.94. The van der Waals surface area contributed by atoms with E-state index in [2.05, 4.69) is 21.6 Å². The lowest BCUT2D eigenvalue weighted by atomic mass is 9.97. The number of fused-ring (bicyclic) bond motifs is 1. The zero-order valence-electron chi connectivity index (χ0n) is 17.2. The highest BCUT2D eigenvalue weighted by Crippen LogP contribution is 2.36. The van der Waals surface area contributed by atoms with Crippen molar-refractivity contribution in [3.05, 3.63) is 46.1 Å². The monoisotopic (exact) mass is 455 g/mol. The van der Waals surface area contributed by atoms with E-state index in [4.69, 9.17) is 0 Å². The van der Waals surface area contributed by atoms with Gasteiger partial charge in [0.2, 0.25) is 5.91 Å². The fourth-order valence-corrected chi connectivity index (χ4v) is 5.68. The van der Waals surface area contributed by atoms with E-state index in [0.29, 0.717) is 21.5 Å². The maximum absolute atomic E-state index is 13.2. The molecule has 0 aliphatic heterocycles. The van der Waals surface area contributed by atoms with Gasteiger partial charge in [-0.3, -0.25) is 4.79 Å². The number of hydrogen-bond acceptors (Lipinski definition) is 6. The molecule has 31 heavy (non-hydrogen) atoms. The smallest absolute Gasteiger partial charge is 0.235 e. The molecule has 1 aromatic carbocycles. The molecule has 0 fully saturated rings. The minimum atomic E-state index is -0.310. The molecule has 160 valence electrons. The third kappa shape index (κ3) is 4.81. The number of amides is 1. The number of benzene rings is 1. The second-order valence-corrected chi connectivity index (χ2v) is 9.49. The van der Waals surface area contributed by atoms with Gasteiger partial charge >= 0.3 is 0 Å². The Balaban J connectivity index is 1.43. The lowest BCUT2D eigenvalue weighted by Gasteiger charge is -2.08. The van der Waals surface area contributed by atoms with Crippen molar-refractivity contribution in [3.8, 4) is 17.5 Å². The second kappa shape index (κ2) is 9.62. The molecule has 2 heterocycles. The highest BCUT2D eigenvalue weighted by atomic mass is 32.2. The van der Waals surface area contributed by atoms with Crippen LogP contribution >= 0.6 is 23.1 Å². The lowest BCUT2D eigenvalue weighted by molar-refractivity contribution is -0.113. The molecule has 0 bridgehead atoms. The average Bonchev–Trinajstić information content (AvgIpc) is 3.26. The van der Waals surface area contributed by atoms with Gasteiger partial charge in [0.05, 0.1) is 11.3 Å². The Bertz CT molecular complexity index is 1130. The highest BCUT2D eigenvalue weighted by Gasteiger charge is 2.21. The van der Waals surface area contributed by atoms with Crippen LogP contribution in [-0.2, 0) is 24.7 Å². The van der Waals surface area contributed by atoms with Crippen molar-refractivity contribution < 1.29 is 9.18 Å². The number of nitrogens with one attached hydrogen (secondary N) is 1. The largest absolute Gasteiger partial charge is 0.316 e. The Morgan fingerprint density at radius 2 is 1.97 bits per heavy atom. The quantitative estimate of drug-likeness (QED) is 0.551. The summed E-state index contributed by atoms with van der Waals surface area (Å²) in [5.74, 6) is 0.272. The third-order valence-corrected chi connectivity index (χ3v) is 7.53. The molecule has 1 amide bonds. The van der Waals surface area contributed by atoms with Crippen LogP contribution in [0.3, 0.4) is 0 Å². The molecule has 0 unspecified atom stereocenters. The van der Waals surface area contributed by atoms with E-state index in [9.17, 15) is 14.4 Å². The fraction of sp³-hybridized carbons (Fsp3) is 0.364. The minimum Gasteiger partial charge on any atom is -0.316 e. The van der Waals surface area contributed by atoms with Crippen LogP contribution in [0.1, 0.15) is 41.7 Å². The van der Waals surface area contributed by atoms with Crippen LogP contribution < -0.4 is 5.32 Å². The van der Waals surface area contributed by atoms with Gasteiger partial charge in [-0.25, -0.2) is 4.39 Å². The number of aromatic nitrogens is 3. The molecule has 0 radical (unpaired) electrons. The van der Waals surface area contributed by atoms with E-state index in [0.717, 1.165) is 36.8 Å². The van der Waals surface area contributed by atoms with E-state index >= 15 is 0 Å². The Hall–Kier alpha value is -2.70. The third-order valence-electron chi connectivity index (χ3n) is 5.31. The van der Waals surface area contributed by atoms with Crippen molar-refractivity contribution in [2.45, 2.75) is 43.7 Å². The van der Waals surface area contributed by atoms with Gasteiger partial charge in [-0.05, 0) is 55.5 Å². The molecule has 6 nitrogen and oxygen atoms in total. The van der Waals surface area contributed by atoms with Crippen molar-refractivity contribution in [1.29, 1.82) is 5.26 Å². The highest BCUT2D eigenvalue weighted by molar-refractivity contribution is 7.99. The van der Waals surface area contributed by atoms with E-state index in [1.54, 1.807) is 16.7 Å². The molecule has 1 aliphatic carbocycles. The number of anilines is 1. The molecule has 4 rings (SSSR count). The fourth-order valence-electron chi connectivity index (χ4n) is 3.71. The second-order valence-electron chi connectivity index (χ2n) is 7.44. The number of halogens is 1. The van der Waals surface area contributed by atoms with Crippen LogP contribution in [-0.4, -0.2) is 26.4 Å². The van der Waals surface area contributed by atoms with Gasteiger partial charge in [-0.15, -0.1) is 21.5 Å². The molecule has 0 atom stereocenters. The number of thioether (sulfide) groups is 1. The number of rotatable bonds is 5. The van der Waals surface area contributed by atoms with Gasteiger partial charge in [0.25, 0.3) is 0 Å². The summed E-state index contributed by atoms with van der Waals surface area (Å²) in [7, 11) is 1.81. The first kappa shape index (κ1) is 21.5. The van der Waals surface area contributed by atoms with Gasteiger partial charge in [-0.2, -0.15) is 5.26 Å². The lowest BCUT2D eigenvalue weighted by Crippen LogP contribution is -2.14. The van der Waals surface area contributed by atoms with Gasteiger partial charge in [0, 0.05) is 17.5 Å². The standard InChI is InChI=1S/C22H22FN5OS2/c1-28-20(14-8-10-15(23)11-9-14)26-27-22(28)30-13-19(29)25-21-17(12-24)16-6-4-2-3-5-7-18(16)31-21/h8-11H,2-7,13H2,1H3,(H,25,29). The molecule has 0 saturated carbocycles. The summed E-state index contributed by atoms with van der Waals surface area (Å²) in [5.41, 5.74) is 2.49. The molecular formula is C22H22FN5OS2. The zero-order chi connectivity index (χ0) is 21.8. The van der Waals surface area contributed by atoms with Crippen LogP contribution in [0.15, 0.2) is 29.4 Å². The van der Waals surface area contributed by atoms with E-state index in [1.807, 2.05) is 7.05 Å². The predicted molar refractivity (Wildman–Crippen MR) is 121 cm³/mol. The normalized spacial score (nSPS) is 13.7. The molecular weight excluding hydrogens is 433 g/mol. The Morgan fingerprint density at radius 1 is 1.23 bits per heavy atom. The van der Waals surface area contributed by atoms with Crippen LogP contribution in [0, 0.1) is 17.1 Å². The number of carbonyl (C=O) groups excluding carboxylic acids is 1. The molecule has 1 N–H and O–H groups in total. The Kier molecular flexibility index (Phi) is 6.68. The molecule has 2 aromatic heterocycles. The summed E-state index contributed by atoms with van der Waals surface area (Å²) in [6, 6.07) is 8.35. The number of thiophene rings is 1. The van der Waals surface area contributed by atoms with Gasteiger partial charge in [-0.1, -0.05) is 24.6 Å². The van der Waals surface area contributed by atoms with Crippen molar-refractivity contribution in [2.24, 2.45) is 7.05 Å². The maximum atomic E-state index is 13.2. The van der Waals surface area contributed by atoms with Crippen molar-refractivity contribution >= 4 is 34.0 Å². The van der Waals surface area contributed by atoms with Crippen LogP contribution in [0.4, 0.5) is 9.39 Å². The van der Waals surface area contributed by atoms with E-state index in [-0.39, 0.29) is 17.5 Å². The molecule has 0 spiro atoms. The number of aryl methyl sites for hydroxylation is 1. The summed E-state index contributed by atoms with van der Waals surface area (Å²) in [6.45, 7) is 0. The van der Waals surface area contributed by atoms with Crippen molar-refractivity contribution in [2.75, 3.05) is 11.1 Å². The van der Waals surface area contributed by atoms with Gasteiger partial charge < -0.3 is 9.88 Å². The SMILES string of the molecule is Cn1c(SCC(=O)Nc2sc3c(c2C#N)CCCCCC3)nnc1-c1ccc(F)cc1. The van der Waals surface area contributed by atoms with E-state index in [1.165, 1.54) is 53.0 Å². The minimum absolute atomic E-state index is 0.156. The molecule has 9 heteroatoms. The first-order valence-corrected chi connectivity index (χ1v) is 12.0. The maximum Gasteiger partial charge on any atom is 0.235 e. The van der Waals surface area contributed by atoms with Gasteiger partial charge in [0.1, 0.15) is 16.9 Å². The van der Waals surface area contributed by atoms with Crippen LogP contribution in [0.25, 0.3) is 11.4 Å². The summed E-state index contributed by atoms with van der Waals surface area (Å²) >= 11 is 2.81. The van der Waals surface area contributed by atoms with Crippen LogP contribution in [0.5, 0.6) is 0 Å². The first-order valence-electron chi connectivity index (χ1n) is 10.2. The Labute approximate surface area is 188 Å². The average molecular weight is 456 g/mol. The molecule has 1 aliphatic rings. The topological polar surface area (TPSA) is 83.6 Å². The Morgan fingerprint density at radius 3 is 2.71 bits per heavy atom. The number of nitriles is 1. The molecule has 0 saturated heterocycles. The summed E-state index contributed by atoms with van der Waals surface area (Å²) < 4.78 is 14.9. The zero-order valence-corrected chi connectivity index (χ0v) is 18.8. The van der Waals surface area contributed by atoms with Crippen LogP contribution in [0.2, 0.25) is 0 Å². The van der Waals surface area contributed by atoms with Crippen molar-refractivity contribution in [1.82, 2.24) is 14.8 Å². The van der Waals surface area contributed by atoms with E-state index < -0.39 is 0 Å². The molecule has 3 aromatic rings. The first-order chi connectivity index (χ1) is 15.1. The van der Waals surface area contributed by atoms with Crippen molar-refractivity contribution in [3.63, 3.8) is 0 Å². The summed E-state index contributed by atoms with van der Waals surface area (Å²) in [4.78, 5) is 13.8. The van der Waals surface area contributed by atoms with Gasteiger partial charge in [0.15, 0.2) is 11.0 Å². The number of hydrogen-bond donors (Lipinski definition) is 1. The number of carbonyl (C=O) groups is 1. The summed E-state index contributed by atoms with van der Waals surface area (Å²) in [6.07, 6.45) is 6.51.